The average Bonchev–Trinajstić information content (AvgIpc) is 2.59. The molecule has 0 aromatic heterocycles. The van der Waals surface area contributed by atoms with E-state index in [1.807, 2.05) is 0 Å². The third kappa shape index (κ3) is 4.66. The average molecular weight is 387 g/mol. The Morgan fingerprint density at radius 3 is 2.27 bits per heavy atom. The summed E-state index contributed by atoms with van der Waals surface area (Å²) >= 11 is 3.97. The lowest BCUT2D eigenvalue weighted by Crippen LogP contribution is -2.33. The van der Waals surface area contributed by atoms with Crippen LogP contribution in [0.3, 0.4) is 0 Å². The molecule has 0 fully saturated rings. The number of nitrogens with one attached hydrogen (secondary N) is 1. The number of thiol groups is 1. The van der Waals surface area contributed by atoms with Gasteiger partial charge in [0.05, 0.1) is 11.3 Å². The van der Waals surface area contributed by atoms with Crippen molar-refractivity contribution in [3.8, 4) is 0 Å². The normalized spacial score (nSPS) is 11.1. The molecule has 5 nitrogen and oxygen atoms in total. The van der Waals surface area contributed by atoms with E-state index in [-0.39, 0.29) is 16.8 Å². The molecule has 2 rings (SSSR count). The minimum absolute atomic E-state index is 0.224. The number of carbonyl (C=O) groups excluding carboxylic acids is 2. The molecule has 0 saturated carbocycles. The van der Waals surface area contributed by atoms with E-state index in [9.17, 15) is 27.2 Å². The van der Waals surface area contributed by atoms with E-state index in [1.165, 1.54) is 24.3 Å². The monoisotopic (exact) mass is 387 g/mol. The standard InChI is InChI=1S/C16H13F4N3O2S/c17-13-6-3-11(16(18,19)20)7-10(13)8-22-15(25)23(26)12-4-1-9(2-5-12)14(21)24/h1-7,26H,8H2,(H2,21,24)(H,22,25). The molecule has 3 N–H and O–H groups in total. The molecule has 0 aliphatic carbocycles. The number of carbonyl (C=O) groups is 2. The summed E-state index contributed by atoms with van der Waals surface area (Å²) in [5.74, 6) is -1.53. The van der Waals surface area contributed by atoms with E-state index in [4.69, 9.17) is 5.73 Å². The zero-order valence-corrected chi connectivity index (χ0v) is 13.9. The number of hydrogen-bond acceptors (Lipinski definition) is 3. The predicted molar refractivity (Wildman–Crippen MR) is 90.1 cm³/mol. The number of nitrogens with two attached hydrogens (primary N) is 1. The van der Waals surface area contributed by atoms with E-state index >= 15 is 0 Å². The van der Waals surface area contributed by atoms with Crippen molar-refractivity contribution in [1.82, 2.24) is 5.32 Å². The van der Waals surface area contributed by atoms with Crippen LogP contribution >= 0.6 is 12.8 Å². The van der Waals surface area contributed by atoms with Crippen molar-refractivity contribution < 1.29 is 27.2 Å². The second kappa shape index (κ2) is 7.65. The minimum Gasteiger partial charge on any atom is -0.366 e. The molecule has 0 radical (unpaired) electrons. The van der Waals surface area contributed by atoms with Crippen LogP contribution in [0, 0.1) is 5.82 Å². The molecule has 2 aromatic rings. The molecule has 26 heavy (non-hydrogen) atoms. The number of primary amides is 1. The number of amides is 3. The first-order valence-electron chi connectivity index (χ1n) is 7.12. The highest BCUT2D eigenvalue weighted by atomic mass is 32.1. The summed E-state index contributed by atoms with van der Waals surface area (Å²) in [6, 6.07) is 6.69. The van der Waals surface area contributed by atoms with Gasteiger partial charge in [0, 0.05) is 17.7 Å². The zero-order valence-electron chi connectivity index (χ0n) is 13.0. The van der Waals surface area contributed by atoms with Gasteiger partial charge in [0.1, 0.15) is 5.82 Å². The largest absolute Gasteiger partial charge is 0.416 e. The molecular formula is C16H13F4N3O2S. The topological polar surface area (TPSA) is 75.4 Å². The molecule has 138 valence electrons. The van der Waals surface area contributed by atoms with Gasteiger partial charge in [0.15, 0.2) is 0 Å². The summed E-state index contributed by atoms with van der Waals surface area (Å²) < 4.78 is 52.5. The molecule has 0 saturated heterocycles. The first-order chi connectivity index (χ1) is 12.1. The van der Waals surface area contributed by atoms with E-state index < -0.39 is 36.0 Å². The number of rotatable bonds is 4. The van der Waals surface area contributed by atoms with Gasteiger partial charge in [-0.05, 0) is 42.5 Å². The minimum atomic E-state index is -4.62. The first-order valence-corrected chi connectivity index (χ1v) is 7.52. The predicted octanol–water partition coefficient (Wildman–Crippen LogP) is 3.50. The third-order valence-electron chi connectivity index (χ3n) is 3.39. The molecule has 2 aromatic carbocycles. The van der Waals surface area contributed by atoms with Crippen LogP contribution in [0.5, 0.6) is 0 Å². The van der Waals surface area contributed by atoms with Gasteiger partial charge in [-0.15, -0.1) is 0 Å². The molecule has 0 bridgehead atoms. The molecule has 3 amide bonds. The maximum Gasteiger partial charge on any atom is 0.416 e. The van der Waals surface area contributed by atoms with Crippen molar-refractivity contribution in [3.05, 3.63) is 65.0 Å². The zero-order chi connectivity index (χ0) is 19.5. The molecule has 0 aliphatic heterocycles. The van der Waals surface area contributed by atoms with Crippen LogP contribution in [0.1, 0.15) is 21.5 Å². The lowest BCUT2D eigenvalue weighted by Gasteiger charge is -2.17. The quantitative estimate of drug-likeness (QED) is 0.555. The molecule has 10 heteroatoms. The van der Waals surface area contributed by atoms with Crippen LogP contribution in [0.15, 0.2) is 42.5 Å². The summed E-state index contributed by atoms with van der Waals surface area (Å²) in [4.78, 5) is 23.0. The Kier molecular flexibility index (Phi) is 5.76. The molecular weight excluding hydrogens is 374 g/mol. The van der Waals surface area contributed by atoms with Crippen LogP contribution in [0.4, 0.5) is 28.0 Å². The van der Waals surface area contributed by atoms with Gasteiger partial charge in [-0.2, -0.15) is 13.2 Å². The van der Waals surface area contributed by atoms with Crippen LogP contribution < -0.4 is 15.4 Å². The highest BCUT2D eigenvalue weighted by Gasteiger charge is 2.31. The maximum atomic E-state index is 13.7. The highest BCUT2D eigenvalue weighted by molar-refractivity contribution is 7.82. The molecule has 0 atom stereocenters. The van der Waals surface area contributed by atoms with Crippen molar-refractivity contribution in [2.24, 2.45) is 5.73 Å². The summed E-state index contributed by atoms with van der Waals surface area (Å²) in [5, 5.41) is 2.27. The Morgan fingerprint density at radius 2 is 1.73 bits per heavy atom. The fraction of sp³-hybridized carbons (Fsp3) is 0.125. The van der Waals surface area contributed by atoms with Crippen molar-refractivity contribution in [1.29, 1.82) is 0 Å². The number of anilines is 1. The Bertz CT molecular complexity index is 825. The van der Waals surface area contributed by atoms with Crippen molar-refractivity contribution in [2.45, 2.75) is 12.7 Å². The van der Waals surface area contributed by atoms with Crippen molar-refractivity contribution in [2.75, 3.05) is 4.31 Å². The Hall–Kier alpha value is -2.75. The van der Waals surface area contributed by atoms with Gasteiger partial charge in [0.2, 0.25) is 5.91 Å². The number of alkyl halides is 3. The van der Waals surface area contributed by atoms with Gasteiger partial charge in [0.25, 0.3) is 0 Å². The van der Waals surface area contributed by atoms with E-state index in [0.717, 1.165) is 4.31 Å². The molecule has 0 aliphatic rings. The Balaban J connectivity index is 2.07. The lowest BCUT2D eigenvalue weighted by atomic mass is 10.1. The fourth-order valence-corrected chi connectivity index (χ4v) is 2.22. The van der Waals surface area contributed by atoms with E-state index in [1.54, 1.807) is 0 Å². The van der Waals surface area contributed by atoms with E-state index in [0.29, 0.717) is 18.2 Å². The molecule has 0 spiro atoms. The molecule has 0 heterocycles. The summed E-state index contributed by atoms with van der Waals surface area (Å²) in [5.41, 5.74) is 4.26. The number of benzene rings is 2. The van der Waals surface area contributed by atoms with Gasteiger partial charge in [-0.25, -0.2) is 13.5 Å². The summed E-state index contributed by atoms with van der Waals surface area (Å²) in [6.45, 7) is -0.467. The van der Waals surface area contributed by atoms with Crippen LogP contribution in [-0.4, -0.2) is 11.9 Å². The second-order valence-electron chi connectivity index (χ2n) is 5.19. The number of halogens is 4. The maximum absolute atomic E-state index is 13.7. The van der Waals surface area contributed by atoms with Gasteiger partial charge < -0.3 is 11.1 Å². The Morgan fingerprint density at radius 1 is 1.12 bits per heavy atom. The second-order valence-corrected chi connectivity index (χ2v) is 5.59. The van der Waals surface area contributed by atoms with Crippen molar-refractivity contribution in [3.63, 3.8) is 0 Å². The Labute approximate surface area is 151 Å². The fourth-order valence-electron chi connectivity index (χ4n) is 2.02. The van der Waals surface area contributed by atoms with Crippen LogP contribution in [0.25, 0.3) is 0 Å². The smallest absolute Gasteiger partial charge is 0.366 e. The molecule has 0 unspecified atom stereocenters. The SMILES string of the molecule is NC(=O)c1ccc(N(S)C(=O)NCc2cc(C(F)(F)F)ccc2F)cc1. The number of hydrogen-bond donors (Lipinski definition) is 3. The first kappa shape index (κ1) is 19.6. The number of urea groups is 1. The van der Waals surface area contributed by atoms with Crippen LogP contribution in [-0.2, 0) is 12.7 Å². The van der Waals surface area contributed by atoms with Gasteiger partial charge >= 0.3 is 12.2 Å². The third-order valence-corrected chi connectivity index (χ3v) is 3.80. The number of nitrogens with zero attached hydrogens (tertiary/aromatic N) is 1. The lowest BCUT2D eigenvalue weighted by molar-refractivity contribution is -0.137. The van der Waals surface area contributed by atoms with Crippen molar-refractivity contribution >= 4 is 30.4 Å². The van der Waals surface area contributed by atoms with Crippen LogP contribution in [0.2, 0.25) is 0 Å². The highest BCUT2D eigenvalue weighted by Crippen LogP contribution is 2.30. The van der Waals surface area contributed by atoms with Gasteiger partial charge in [-0.3, -0.25) is 4.79 Å². The summed E-state index contributed by atoms with van der Waals surface area (Å²) in [6.07, 6.45) is -4.62. The van der Waals surface area contributed by atoms with E-state index in [2.05, 4.69) is 18.1 Å². The van der Waals surface area contributed by atoms with Gasteiger partial charge in [-0.1, -0.05) is 12.8 Å². The summed E-state index contributed by atoms with van der Waals surface area (Å²) in [7, 11) is 0.